The van der Waals surface area contributed by atoms with E-state index in [1.807, 2.05) is 12.1 Å². The number of nitrogens with zero attached hydrogens (tertiary/aromatic N) is 1. The van der Waals surface area contributed by atoms with Crippen LogP contribution in [0.2, 0.25) is 0 Å². The van der Waals surface area contributed by atoms with Gasteiger partial charge in [0.1, 0.15) is 5.75 Å². The molecule has 0 atom stereocenters. The minimum absolute atomic E-state index is 0.197. The molecule has 0 radical (unpaired) electrons. The van der Waals surface area contributed by atoms with E-state index in [-0.39, 0.29) is 12.2 Å². The molecule has 1 aliphatic rings. The second-order valence-electron chi connectivity index (χ2n) is 4.47. The number of carboxylic acid groups (broad SMARTS) is 1. The zero-order chi connectivity index (χ0) is 13.0. The average Bonchev–Trinajstić information content (AvgIpc) is 2.38. The van der Waals surface area contributed by atoms with E-state index in [2.05, 4.69) is 11.0 Å². The van der Waals surface area contributed by atoms with Crippen molar-refractivity contribution in [2.75, 3.05) is 19.6 Å². The van der Waals surface area contributed by atoms with Crippen molar-refractivity contribution in [1.29, 1.82) is 0 Å². The first-order chi connectivity index (χ1) is 8.65. The molecular weight excluding hydrogens is 230 g/mol. The number of aliphatic carboxylic acids is 1. The van der Waals surface area contributed by atoms with E-state index in [9.17, 15) is 9.90 Å². The lowest BCUT2D eigenvalue weighted by atomic mass is 9.99. The van der Waals surface area contributed by atoms with E-state index in [1.165, 1.54) is 5.57 Å². The van der Waals surface area contributed by atoms with Gasteiger partial charge in [-0.25, -0.2) is 0 Å². The summed E-state index contributed by atoms with van der Waals surface area (Å²) in [5, 5.41) is 17.9. The number of rotatable bonds is 4. The molecule has 0 bridgehead atoms. The Morgan fingerprint density at radius 1 is 1.28 bits per heavy atom. The topological polar surface area (TPSA) is 60.8 Å². The molecule has 1 aliphatic heterocycles. The minimum atomic E-state index is -0.747. The number of aromatic hydroxyl groups is 1. The molecule has 4 nitrogen and oxygen atoms in total. The van der Waals surface area contributed by atoms with Gasteiger partial charge in [0.2, 0.25) is 0 Å². The van der Waals surface area contributed by atoms with E-state index in [4.69, 9.17) is 5.11 Å². The molecule has 0 aliphatic carbocycles. The van der Waals surface area contributed by atoms with Gasteiger partial charge in [-0.3, -0.25) is 9.69 Å². The maximum atomic E-state index is 10.5. The van der Waals surface area contributed by atoms with Gasteiger partial charge in [-0.15, -0.1) is 0 Å². The summed E-state index contributed by atoms with van der Waals surface area (Å²) in [6.07, 6.45) is 3.25. The van der Waals surface area contributed by atoms with Gasteiger partial charge in [-0.2, -0.15) is 0 Å². The standard InChI is InChI=1S/C14H17NO3/c16-13-3-1-11(2-4-13)12-5-8-15(9-6-12)10-7-14(17)18/h1-5,16H,6-10H2,(H,17,18). The number of hydrogen-bond acceptors (Lipinski definition) is 3. The van der Waals surface area contributed by atoms with Gasteiger partial charge in [0.25, 0.3) is 0 Å². The number of carbonyl (C=O) groups is 1. The smallest absolute Gasteiger partial charge is 0.304 e. The van der Waals surface area contributed by atoms with Crippen LogP contribution in [0.5, 0.6) is 5.75 Å². The second kappa shape index (κ2) is 5.69. The highest BCUT2D eigenvalue weighted by Gasteiger charge is 2.13. The van der Waals surface area contributed by atoms with Crippen LogP contribution < -0.4 is 0 Å². The predicted molar refractivity (Wildman–Crippen MR) is 69.4 cm³/mol. The third-order valence-corrected chi connectivity index (χ3v) is 3.17. The third kappa shape index (κ3) is 3.34. The molecule has 1 aromatic carbocycles. The van der Waals surface area contributed by atoms with Crippen LogP contribution in [0, 0.1) is 0 Å². The number of phenolic OH excluding ortho intramolecular Hbond substituents is 1. The summed E-state index contributed by atoms with van der Waals surface area (Å²) in [7, 11) is 0. The summed E-state index contributed by atoms with van der Waals surface area (Å²) < 4.78 is 0. The summed E-state index contributed by atoms with van der Waals surface area (Å²) in [6, 6.07) is 7.20. The fourth-order valence-electron chi connectivity index (χ4n) is 2.11. The molecule has 2 N–H and O–H groups in total. The molecule has 0 amide bonds. The molecule has 0 aromatic heterocycles. The maximum Gasteiger partial charge on any atom is 0.304 e. The van der Waals surface area contributed by atoms with Crippen molar-refractivity contribution in [2.45, 2.75) is 12.8 Å². The lowest BCUT2D eigenvalue weighted by Crippen LogP contribution is -2.30. The molecular formula is C14H17NO3. The van der Waals surface area contributed by atoms with Gasteiger partial charge in [0.15, 0.2) is 0 Å². The van der Waals surface area contributed by atoms with Crippen molar-refractivity contribution >= 4 is 11.5 Å². The van der Waals surface area contributed by atoms with Crippen LogP contribution in [0.15, 0.2) is 30.3 Å². The SMILES string of the molecule is O=C(O)CCN1CC=C(c2ccc(O)cc2)CC1. The molecule has 4 heteroatoms. The fourth-order valence-corrected chi connectivity index (χ4v) is 2.11. The molecule has 0 saturated heterocycles. The molecule has 96 valence electrons. The van der Waals surface area contributed by atoms with Crippen LogP contribution in [0.3, 0.4) is 0 Å². The molecule has 0 saturated carbocycles. The number of phenols is 1. The summed E-state index contributed by atoms with van der Waals surface area (Å²) in [4.78, 5) is 12.6. The monoisotopic (exact) mass is 247 g/mol. The Balaban J connectivity index is 1.94. The van der Waals surface area contributed by atoms with Gasteiger partial charge >= 0.3 is 5.97 Å². The van der Waals surface area contributed by atoms with E-state index < -0.39 is 5.97 Å². The van der Waals surface area contributed by atoms with Gasteiger partial charge in [0.05, 0.1) is 6.42 Å². The Labute approximate surface area is 106 Å². The second-order valence-corrected chi connectivity index (χ2v) is 4.47. The molecule has 1 aromatic rings. The summed E-state index contributed by atoms with van der Waals surface area (Å²) in [5.41, 5.74) is 2.40. The van der Waals surface area contributed by atoms with Crippen molar-refractivity contribution in [3.8, 4) is 5.75 Å². The molecule has 18 heavy (non-hydrogen) atoms. The third-order valence-electron chi connectivity index (χ3n) is 3.17. The van der Waals surface area contributed by atoms with Gasteiger partial charge in [0, 0.05) is 19.6 Å². The highest BCUT2D eigenvalue weighted by atomic mass is 16.4. The van der Waals surface area contributed by atoms with Gasteiger partial charge in [-0.05, 0) is 29.7 Å². The molecule has 0 spiro atoms. The zero-order valence-electron chi connectivity index (χ0n) is 10.2. The van der Waals surface area contributed by atoms with Crippen LogP contribution in [0.4, 0.5) is 0 Å². The number of carboxylic acids is 1. The summed E-state index contributed by atoms with van der Waals surface area (Å²) >= 11 is 0. The van der Waals surface area contributed by atoms with Crippen molar-refractivity contribution in [3.05, 3.63) is 35.9 Å². The van der Waals surface area contributed by atoms with Crippen LogP contribution in [-0.4, -0.2) is 40.7 Å². The first-order valence-electron chi connectivity index (χ1n) is 6.08. The largest absolute Gasteiger partial charge is 0.508 e. The normalized spacial score (nSPS) is 16.3. The predicted octanol–water partition coefficient (Wildman–Crippen LogP) is 1.96. The van der Waals surface area contributed by atoms with Crippen molar-refractivity contribution in [3.63, 3.8) is 0 Å². The Hall–Kier alpha value is -1.81. The molecule has 2 rings (SSSR count). The highest BCUT2D eigenvalue weighted by Crippen LogP contribution is 2.23. The Kier molecular flexibility index (Phi) is 3.99. The molecule has 0 unspecified atom stereocenters. The first-order valence-corrected chi connectivity index (χ1v) is 6.08. The van der Waals surface area contributed by atoms with Crippen LogP contribution in [0.25, 0.3) is 5.57 Å². The van der Waals surface area contributed by atoms with E-state index in [1.54, 1.807) is 12.1 Å². The Morgan fingerprint density at radius 2 is 2.00 bits per heavy atom. The summed E-state index contributed by atoms with van der Waals surface area (Å²) in [5.74, 6) is -0.471. The Morgan fingerprint density at radius 3 is 2.56 bits per heavy atom. The van der Waals surface area contributed by atoms with Gasteiger partial charge in [-0.1, -0.05) is 18.2 Å². The minimum Gasteiger partial charge on any atom is -0.508 e. The van der Waals surface area contributed by atoms with Gasteiger partial charge < -0.3 is 10.2 Å². The van der Waals surface area contributed by atoms with E-state index >= 15 is 0 Å². The van der Waals surface area contributed by atoms with E-state index in [0.717, 1.165) is 25.1 Å². The lowest BCUT2D eigenvalue weighted by molar-refractivity contribution is -0.137. The average molecular weight is 247 g/mol. The van der Waals surface area contributed by atoms with Crippen LogP contribution in [0.1, 0.15) is 18.4 Å². The van der Waals surface area contributed by atoms with Crippen molar-refractivity contribution in [2.24, 2.45) is 0 Å². The van der Waals surface area contributed by atoms with Crippen molar-refractivity contribution in [1.82, 2.24) is 4.90 Å². The zero-order valence-corrected chi connectivity index (χ0v) is 10.2. The van der Waals surface area contributed by atoms with Crippen LogP contribution in [-0.2, 0) is 4.79 Å². The molecule has 0 fully saturated rings. The number of benzene rings is 1. The Bertz CT molecular complexity index is 451. The van der Waals surface area contributed by atoms with Crippen LogP contribution >= 0.6 is 0 Å². The highest BCUT2D eigenvalue weighted by molar-refractivity contribution is 5.68. The molecule has 1 heterocycles. The fraction of sp³-hybridized carbons (Fsp3) is 0.357. The lowest BCUT2D eigenvalue weighted by Gasteiger charge is -2.25. The number of hydrogen-bond donors (Lipinski definition) is 2. The first kappa shape index (κ1) is 12.6. The van der Waals surface area contributed by atoms with Crippen molar-refractivity contribution < 1.29 is 15.0 Å². The van der Waals surface area contributed by atoms with E-state index in [0.29, 0.717) is 6.54 Å². The summed E-state index contributed by atoms with van der Waals surface area (Å²) in [6.45, 7) is 2.29. The maximum absolute atomic E-state index is 10.5. The quantitative estimate of drug-likeness (QED) is 0.853.